The first-order valence-electron chi connectivity index (χ1n) is 13.5. The first-order valence-corrected chi connectivity index (χ1v) is 15.3. The van der Waals surface area contributed by atoms with Crippen LogP contribution in [-0.4, -0.2) is 87.0 Å². The van der Waals surface area contributed by atoms with Crippen LogP contribution in [0.3, 0.4) is 0 Å². The molecule has 2 aliphatic rings. The molecule has 1 aromatic heterocycles. The maximum Gasteiger partial charge on any atom is 0.328 e. The second kappa shape index (κ2) is 14.9. The largest absolute Gasteiger partial charge is 0.481 e. The van der Waals surface area contributed by atoms with Gasteiger partial charge in [0.2, 0.25) is 5.91 Å². The number of pyridine rings is 1. The number of nitrogens with one attached hydrogen (secondary N) is 3. The average molecular weight is 576 g/mol. The van der Waals surface area contributed by atoms with Crippen molar-refractivity contribution < 1.29 is 33.8 Å². The molecule has 13 heteroatoms. The molecule has 0 spiro atoms. The van der Waals surface area contributed by atoms with Crippen molar-refractivity contribution in [3.63, 3.8) is 0 Å². The highest BCUT2D eigenvalue weighted by molar-refractivity contribution is 7.51. The van der Waals surface area contributed by atoms with E-state index in [1.165, 1.54) is 4.90 Å². The summed E-state index contributed by atoms with van der Waals surface area (Å²) in [6.07, 6.45) is 3.41. The number of amides is 2. The van der Waals surface area contributed by atoms with E-state index in [4.69, 9.17) is 5.11 Å². The fourth-order valence-corrected chi connectivity index (χ4v) is 4.76. The molecule has 4 rings (SSSR count). The van der Waals surface area contributed by atoms with Crippen molar-refractivity contribution >= 4 is 31.1 Å². The quantitative estimate of drug-likeness (QED) is 0.218. The summed E-state index contributed by atoms with van der Waals surface area (Å²) in [6, 6.07) is 11.9. The number of anilines is 1. The van der Waals surface area contributed by atoms with Gasteiger partial charge in [-0.15, -0.1) is 0 Å². The number of unbranched alkanes of at least 4 members (excludes halogenated alkanes) is 1. The molecule has 40 heavy (non-hydrogen) atoms. The van der Waals surface area contributed by atoms with Gasteiger partial charge >= 0.3 is 13.6 Å². The van der Waals surface area contributed by atoms with Crippen LogP contribution in [0.2, 0.25) is 0 Å². The summed E-state index contributed by atoms with van der Waals surface area (Å²) in [5.41, 5.74) is 2.22. The molecule has 1 saturated heterocycles. The van der Waals surface area contributed by atoms with E-state index >= 15 is 0 Å². The Balaban J connectivity index is 0.000000559. The van der Waals surface area contributed by atoms with Crippen LogP contribution in [0.25, 0.3) is 11.3 Å². The van der Waals surface area contributed by atoms with Crippen molar-refractivity contribution in [1.82, 2.24) is 20.5 Å². The number of benzene rings is 1. The van der Waals surface area contributed by atoms with E-state index in [1.807, 2.05) is 43.3 Å². The van der Waals surface area contributed by atoms with Crippen molar-refractivity contribution in [1.29, 1.82) is 0 Å². The highest BCUT2D eigenvalue weighted by Gasteiger charge is 2.33. The molecule has 12 nitrogen and oxygen atoms in total. The van der Waals surface area contributed by atoms with Crippen LogP contribution in [0.15, 0.2) is 42.5 Å². The van der Waals surface area contributed by atoms with Crippen molar-refractivity contribution in [2.75, 3.05) is 37.7 Å². The van der Waals surface area contributed by atoms with Crippen LogP contribution in [0.1, 0.15) is 49.5 Å². The molecule has 218 valence electrons. The number of hydrogen-bond donors (Lipinski definition) is 6. The molecule has 6 N–H and O–H groups in total. The summed E-state index contributed by atoms with van der Waals surface area (Å²) in [5.74, 6) is -1.86. The smallest absolute Gasteiger partial charge is 0.328 e. The second-order valence-electron chi connectivity index (χ2n) is 9.86. The minimum absolute atomic E-state index is 0.0725. The molecule has 2 fully saturated rings. The van der Waals surface area contributed by atoms with E-state index < -0.39 is 37.6 Å². The van der Waals surface area contributed by atoms with Crippen LogP contribution < -0.4 is 16.0 Å². The van der Waals surface area contributed by atoms with E-state index in [2.05, 4.69) is 20.9 Å². The molecule has 1 atom stereocenters. The van der Waals surface area contributed by atoms with Gasteiger partial charge in [-0.2, -0.15) is 0 Å². The number of carbonyl (C=O) groups is 3. The topological polar surface area (TPSA) is 181 Å². The molecular formula is C27H38N5O7P. The van der Waals surface area contributed by atoms with Gasteiger partial charge in [-0.05, 0) is 31.4 Å². The molecule has 0 bridgehead atoms. The van der Waals surface area contributed by atoms with Crippen molar-refractivity contribution in [2.45, 2.75) is 51.1 Å². The van der Waals surface area contributed by atoms with Crippen LogP contribution in [0.5, 0.6) is 0 Å². The van der Waals surface area contributed by atoms with Crippen molar-refractivity contribution in [3.05, 3.63) is 48.2 Å². The number of nitrogens with zero attached hydrogens (tertiary/aromatic N) is 2. The number of aliphatic carboxylic acids is 1. The van der Waals surface area contributed by atoms with Crippen LogP contribution in [0.4, 0.5) is 5.69 Å². The molecule has 1 aliphatic heterocycles. The average Bonchev–Trinajstić information content (AvgIpc) is 3.75. The fraction of sp³-hybridized carbons (Fsp3) is 0.481. The zero-order chi connectivity index (χ0) is 29.1. The maximum absolute atomic E-state index is 13.1. The highest BCUT2D eigenvalue weighted by atomic mass is 31.2. The van der Waals surface area contributed by atoms with Gasteiger partial charge in [-0.1, -0.05) is 43.7 Å². The molecule has 2 amide bonds. The molecule has 1 aromatic carbocycles. The zero-order valence-corrected chi connectivity index (χ0v) is 23.5. The molecule has 1 aliphatic carbocycles. The van der Waals surface area contributed by atoms with Gasteiger partial charge < -0.3 is 35.7 Å². The summed E-state index contributed by atoms with van der Waals surface area (Å²) < 4.78 is 11.7. The maximum atomic E-state index is 13.1. The predicted octanol–water partition coefficient (Wildman–Crippen LogP) is 2.29. The lowest BCUT2D eigenvalue weighted by atomic mass is 10.1. The van der Waals surface area contributed by atoms with Gasteiger partial charge in [-0.25, -0.2) is 4.98 Å². The summed E-state index contributed by atoms with van der Waals surface area (Å²) in [5, 5.41) is 17.1. The van der Waals surface area contributed by atoms with Gasteiger partial charge in [0.25, 0.3) is 5.91 Å². The SMILES string of the molecule is CCCCC(=O)O.O=C(NC(CP(=O)(O)O)C(=O)N1CCNCC1)c1cc(NC2CC2)cc(-c2ccccc2)n1. The predicted molar refractivity (Wildman–Crippen MR) is 151 cm³/mol. The molecule has 1 saturated carbocycles. The Hall–Kier alpha value is -3.31. The van der Waals surface area contributed by atoms with Gasteiger partial charge in [0, 0.05) is 49.9 Å². The van der Waals surface area contributed by atoms with E-state index in [0.29, 0.717) is 44.3 Å². The molecule has 0 radical (unpaired) electrons. The molecule has 2 heterocycles. The van der Waals surface area contributed by atoms with Crippen LogP contribution in [0, 0.1) is 0 Å². The van der Waals surface area contributed by atoms with Gasteiger partial charge in [0.1, 0.15) is 11.7 Å². The fourth-order valence-electron chi connectivity index (χ4n) is 4.04. The highest BCUT2D eigenvalue weighted by Crippen LogP contribution is 2.35. The van der Waals surface area contributed by atoms with E-state index in [-0.39, 0.29) is 5.69 Å². The Bertz CT molecular complexity index is 1200. The zero-order valence-electron chi connectivity index (χ0n) is 22.6. The third-order valence-electron chi connectivity index (χ3n) is 6.27. The summed E-state index contributed by atoms with van der Waals surface area (Å²) in [4.78, 5) is 60.8. The number of piperazine rings is 1. The third-order valence-corrected chi connectivity index (χ3v) is 7.11. The third kappa shape index (κ3) is 10.7. The minimum Gasteiger partial charge on any atom is -0.481 e. The van der Waals surface area contributed by atoms with Gasteiger partial charge in [0.15, 0.2) is 0 Å². The normalized spacial score (nSPS) is 15.8. The Morgan fingerprint density at radius 2 is 1.80 bits per heavy atom. The number of carbonyl (C=O) groups excluding carboxylic acids is 2. The lowest BCUT2D eigenvalue weighted by Crippen LogP contribution is -2.55. The Morgan fingerprint density at radius 3 is 2.35 bits per heavy atom. The minimum atomic E-state index is -4.56. The molecule has 2 aromatic rings. The lowest BCUT2D eigenvalue weighted by molar-refractivity contribution is -0.137. The second-order valence-corrected chi connectivity index (χ2v) is 11.6. The summed E-state index contributed by atoms with van der Waals surface area (Å²) >= 11 is 0. The Kier molecular flexibility index (Phi) is 11.6. The Labute approximate surface area is 233 Å². The van der Waals surface area contributed by atoms with Crippen molar-refractivity contribution in [2.24, 2.45) is 0 Å². The summed E-state index contributed by atoms with van der Waals surface area (Å²) in [7, 11) is -4.56. The van der Waals surface area contributed by atoms with Crippen molar-refractivity contribution in [3.8, 4) is 11.3 Å². The Morgan fingerprint density at radius 1 is 1.12 bits per heavy atom. The number of hydrogen-bond acceptors (Lipinski definition) is 7. The summed E-state index contributed by atoms with van der Waals surface area (Å²) in [6.45, 7) is 3.95. The molecular weight excluding hydrogens is 537 g/mol. The standard InChI is InChI=1S/C22H28N5O5P.C5H10O2/c28-21(26-20(14-33(30,31)32)22(29)27-10-8-23-9-11-27)19-13-17(24-16-6-7-16)12-18(25-19)15-4-2-1-3-5-15;1-2-3-4-5(6)7/h1-5,12-13,16,20,23H,6-11,14H2,(H,24,25)(H,26,28)(H2,30,31,32);2-4H2,1H3,(H,6,7). The monoisotopic (exact) mass is 575 g/mol. The number of aromatic nitrogens is 1. The van der Waals surface area contributed by atoms with E-state index in [0.717, 1.165) is 36.9 Å². The number of carboxylic acids is 1. The molecule has 1 unspecified atom stereocenters. The lowest BCUT2D eigenvalue weighted by Gasteiger charge is -2.31. The van der Waals surface area contributed by atoms with Crippen LogP contribution in [-0.2, 0) is 14.2 Å². The van der Waals surface area contributed by atoms with Gasteiger partial charge in [0.05, 0.1) is 11.9 Å². The van der Waals surface area contributed by atoms with E-state index in [9.17, 15) is 28.7 Å². The number of rotatable bonds is 11. The van der Waals surface area contributed by atoms with E-state index in [1.54, 1.807) is 6.07 Å². The first-order chi connectivity index (χ1) is 19.1. The number of carboxylic acid groups (broad SMARTS) is 1. The first kappa shape index (κ1) is 31.2. The van der Waals surface area contributed by atoms with Crippen LogP contribution >= 0.6 is 7.60 Å². The van der Waals surface area contributed by atoms with Gasteiger partial charge in [-0.3, -0.25) is 18.9 Å².